The van der Waals surface area contributed by atoms with Gasteiger partial charge in [-0.3, -0.25) is 9.59 Å². The van der Waals surface area contributed by atoms with Crippen molar-refractivity contribution in [1.82, 2.24) is 25.2 Å². The number of methoxy groups -OCH3 is 1. The fourth-order valence-electron chi connectivity index (χ4n) is 4.19. The quantitative estimate of drug-likeness (QED) is 0.387. The Bertz CT molecular complexity index is 1390. The average molecular weight is 500 g/mol. The van der Waals surface area contributed by atoms with Crippen LogP contribution < -0.4 is 10.1 Å². The number of nitrogens with one attached hydrogen (secondary N) is 1. The highest BCUT2D eigenvalue weighted by atomic mass is 16.5. The first-order chi connectivity index (χ1) is 17.6. The lowest BCUT2D eigenvalue weighted by atomic mass is 10.00. The summed E-state index contributed by atoms with van der Waals surface area (Å²) in [5.74, 6) is 0.0776. The molecule has 3 aromatic carbocycles. The first kappa shape index (κ1) is 25.9. The third-order valence-corrected chi connectivity index (χ3v) is 5.97. The first-order valence-corrected chi connectivity index (χ1v) is 12.2. The van der Waals surface area contributed by atoms with Gasteiger partial charge in [-0.1, -0.05) is 59.3 Å². The molecule has 37 heavy (non-hydrogen) atoms. The van der Waals surface area contributed by atoms with Gasteiger partial charge in [-0.2, -0.15) is 0 Å². The number of nitrogens with zero attached hydrogens (tertiary/aromatic N) is 4. The maximum Gasteiger partial charge on any atom is 0.247 e. The molecule has 4 rings (SSSR count). The molecule has 0 aliphatic heterocycles. The topological polar surface area (TPSA) is 89.4 Å². The van der Waals surface area contributed by atoms with Gasteiger partial charge in [-0.05, 0) is 63.1 Å². The van der Waals surface area contributed by atoms with E-state index in [9.17, 15) is 9.59 Å². The van der Waals surface area contributed by atoms with E-state index in [0.29, 0.717) is 16.8 Å². The molecule has 0 aliphatic carbocycles. The number of para-hydroxylation sites is 1. The van der Waals surface area contributed by atoms with Crippen molar-refractivity contribution in [3.8, 4) is 5.75 Å². The third-order valence-electron chi connectivity index (χ3n) is 5.97. The Morgan fingerprint density at radius 3 is 2.46 bits per heavy atom. The molecule has 1 heterocycles. The van der Waals surface area contributed by atoms with E-state index in [1.807, 2.05) is 94.4 Å². The summed E-state index contributed by atoms with van der Waals surface area (Å²) in [5.41, 5.74) is 3.65. The number of hydrogen-bond acceptors (Lipinski definition) is 5. The Labute approximate surface area is 217 Å². The van der Waals surface area contributed by atoms with Crippen LogP contribution >= 0.6 is 0 Å². The van der Waals surface area contributed by atoms with Gasteiger partial charge < -0.3 is 15.0 Å². The summed E-state index contributed by atoms with van der Waals surface area (Å²) in [7, 11) is 1.58. The van der Waals surface area contributed by atoms with Gasteiger partial charge in [0.1, 0.15) is 23.9 Å². The maximum atomic E-state index is 14.0. The van der Waals surface area contributed by atoms with E-state index in [1.165, 1.54) is 0 Å². The van der Waals surface area contributed by atoms with Gasteiger partial charge in [0.2, 0.25) is 11.8 Å². The van der Waals surface area contributed by atoms with Crippen LogP contribution in [0.2, 0.25) is 0 Å². The van der Waals surface area contributed by atoms with Gasteiger partial charge in [0.05, 0.1) is 12.6 Å². The smallest absolute Gasteiger partial charge is 0.247 e. The Morgan fingerprint density at radius 2 is 1.76 bits per heavy atom. The molecule has 0 saturated heterocycles. The number of fused-ring (bicyclic) bond motifs is 1. The van der Waals surface area contributed by atoms with Crippen molar-refractivity contribution in [3.63, 3.8) is 0 Å². The SMILES string of the molecule is COc1cccc([C@@H](C(=O)NC(C)(C)C)N(Cc2ccc(C)cc2)C(=O)Cn2nnc3ccccc32)c1. The van der Waals surface area contributed by atoms with Gasteiger partial charge in [-0.15, -0.1) is 5.10 Å². The highest BCUT2D eigenvalue weighted by Crippen LogP contribution is 2.28. The highest BCUT2D eigenvalue weighted by molar-refractivity contribution is 5.89. The molecular weight excluding hydrogens is 466 g/mol. The van der Waals surface area contributed by atoms with Crippen molar-refractivity contribution in [2.45, 2.75) is 52.4 Å². The minimum atomic E-state index is -0.891. The average Bonchev–Trinajstić information content (AvgIpc) is 3.26. The van der Waals surface area contributed by atoms with Crippen molar-refractivity contribution in [2.75, 3.05) is 7.11 Å². The van der Waals surface area contributed by atoms with Crippen LogP contribution in [0, 0.1) is 6.92 Å². The highest BCUT2D eigenvalue weighted by Gasteiger charge is 2.34. The van der Waals surface area contributed by atoms with Crippen molar-refractivity contribution < 1.29 is 14.3 Å². The fourth-order valence-corrected chi connectivity index (χ4v) is 4.19. The maximum absolute atomic E-state index is 14.0. The molecule has 1 N–H and O–H groups in total. The molecule has 8 nitrogen and oxygen atoms in total. The first-order valence-electron chi connectivity index (χ1n) is 12.2. The molecule has 1 atom stereocenters. The van der Waals surface area contributed by atoms with E-state index < -0.39 is 11.6 Å². The lowest BCUT2D eigenvalue weighted by Gasteiger charge is -2.34. The monoisotopic (exact) mass is 499 g/mol. The van der Waals surface area contributed by atoms with E-state index in [2.05, 4.69) is 15.6 Å². The summed E-state index contributed by atoms with van der Waals surface area (Å²) in [4.78, 5) is 29.4. The molecular formula is C29H33N5O3. The van der Waals surface area contributed by atoms with E-state index >= 15 is 0 Å². The Morgan fingerprint density at radius 1 is 1.03 bits per heavy atom. The van der Waals surface area contributed by atoms with Crippen LogP contribution in [0.3, 0.4) is 0 Å². The van der Waals surface area contributed by atoms with Gasteiger partial charge in [0.15, 0.2) is 0 Å². The Balaban J connectivity index is 1.78. The summed E-state index contributed by atoms with van der Waals surface area (Å²) < 4.78 is 7.01. The number of ether oxygens (including phenoxy) is 1. The van der Waals surface area contributed by atoms with Gasteiger partial charge in [0.25, 0.3) is 0 Å². The molecule has 2 amide bonds. The van der Waals surface area contributed by atoms with Gasteiger partial charge in [-0.25, -0.2) is 4.68 Å². The number of amides is 2. The molecule has 0 bridgehead atoms. The third kappa shape index (κ3) is 6.33. The predicted octanol–water partition coefficient (Wildman–Crippen LogP) is 4.43. The minimum Gasteiger partial charge on any atom is -0.497 e. The number of carbonyl (C=O) groups excluding carboxylic acids is 2. The molecule has 0 fully saturated rings. The van der Waals surface area contributed by atoms with Gasteiger partial charge >= 0.3 is 0 Å². The lowest BCUT2D eigenvalue weighted by Crippen LogP contribution is -2.49. The van der Waals surface area contributed by atoms with Crippen LogP contribution in [0.1, 0.15) is 43.5 Å². The second kappa shape index (κ2) is 10.8. The standard InChI is InChI=1S/C29H33N5O3/c1-20-13-15-21(16-14-20)18-33(26(35)19-34-25-12-7-6-11-24(25)31-32-34)27(28(36)30-29(2,3)4)22-9-8-10-23(17-22)37-5/h6-17,27H,18-19H2,1-5H3,(H,30,36)/t27-/m0/s1. The number of rotatable bonds is 8. The molecule has 0 spiro atoms. The summed E-state index contributed by atoms with van der Waals surface area (Å²) in [6.07, 6.45) is 0. The molecule has 4 aromatic rings. The molecule has 8 heteroatoms. The number of aromatic nitrogens is 3. The van der Waals surface area contributed by atoms with E-state index in [1.54, 1.807) is 22.8 Å². The summed E-state index contributed by atoms with van der Waals surface area (Å²) in [5, 5.41) is 11.4. The lowest BCUT2D eigenvalue weighted by molar-refractivity contribution is -0.142. The largest absolute Gasteiger partial charge is 0.497 e. The molecule has 0 saturated carbocycles. The van der Waals surface area contributed by atoms with Crippen LogP contribution in [0.4, 0.5) is 0 Å². The van der Waals surface area contributed by atoms with Crippen molar-refractivity contribution in [1.29, 1.82) is 0 Å². The van der Waals surface area contributed by atoms with Gasteiger partial charge in [0, 0.05) is 12.1 Å². The van der Waals surface area contributed by atoms with Crippen LogP contribution in [-0.4, -0.2) is 44.4 Å². The predicted molar refractivity (Wildman–Crippen MR) is 143 cm³/mol. The number of benzene rings is 3. The normalized spacial score (nSPS) is 12.2. The second-order valence-electron chi connectivity index (χ2n) is 10.2. The van der Waals surface area contributed by atoms with E-state index in [-0.39, 0.29) is 24.9 Å². The van der Waals surface area contributed by atoms with E-state index in [0.717, 1.165) is 16.6 Å². The zero-order valence-corrected chi connectivity index (χ0v) is 21.9. The zero-order chi connectivity index (χ0) is 26.6. The van der Waals surface area contributed by atoms with Crippen LogP contribution in [0.15, 0.2) is 72.8 Å². The summed E-state index contributed by atoms with van der Waals surface area (Å²) >= 11 is 0. The molecule has 0 aliphatic rings. The van der Waals surface area contributed by atoms with Crippen LogP contribution in [0.5, 0.6) is 5.75 Å². The Kier molecular flexibility index (Phi) is 7.57. The number of hydrogen-bond donors (Lipinski definition) is 1. The van der Waals surface area contributed by atoms with Crippen molar-refractivity contribution >= 4 is 22.8 Å². The Hall–Kier alpha value is -4.20. The molecule has 1 aromatic heterocycles. The summed E-state index contributed by atoms with van der Waals surface area (Å²) in [6, 6.07) is 21.8. The van der Waals surface area contributed by atoms with Crippen molar-refractivity contribution in [2.24, 2.45) is 0 Å². The molecule has 0 radical (unpaired) electrons. The molecule has 192 valence electrons. The van der Waals surface area contributed by atoms with Crippen molar-refractivity contribution in [3.05, 3.63) is 89.5 Å². The van der Waals surface area contributed by atoms with Crippen LogP contribution in [-0.2, 0) is 22.7 Å². The molecule has 0 unspecified atom stereocenters. The van der Waals surface area contributed by atoms with Crippen LogP contribution in [0.25, 0.3) is 11.0 Å². The zero-order valence-electron chi connectivity index (χ0n) is 21.9. The summed E-state index contributed by atoms with van der Waals surface area (Å²) in [6.45, 7) is 7.95. The van der Waals surface area contributed by atoms with E-state index in [4.69, 9.17) is 4.74 Å². The fraction of sp³-hybridized carbons (Fsp3) is 0.310. The number of carbonyl (C=O) groups is 2. The number of aryl methyl sites for hydroxylation is 1. The minimum absolute atomic E-state index is 0.0599. The second-order valence-corrected chi connectivity index (χ2v) is 10.2.